The average Bonchev–Trinajstić information content (AvgIpc) is 3.26. The van der Waals surface area contributed by atoms with Crippen LogP contribution < -0.4 is 0 Å². The van der Waals surface area contributed by atoms with Crippen LogP contribution in [0.25, 0.3) is 15.2 Å². The van der Waals surface area contributed by atoms with Gasteiger partial charge < -0.3 is 4.52 Å². The summed E-state index contributed by atoms with van der Waals surface area (Å²) in [6.07, 6.45) is 3.08. The molecule has 0 amide bonds. The topological polar surface area (TPSA) is 69.1 Å². The number of fused-ring (bicyclic) bond motifs is 3. The zero-order valence-electron chi connectivity index (χ0n) is 12.6. The van der Waals surface area contributed by atoms with Crippen molar-refractivity contribution in [3.63, 3.8) is 0 Å². The van der Waals surface area contributed by atoms with Gasteiger partial charge in [-0.2, -0.15) is 4.98 Å². The monoisotopic (exact) mass is 345 g/mol. The molecular weight excluding hydrogens is 330 g/mol. The summed E-state index contributed by atoms with van der Waals surface area (Å²) in [4.78, 5) is 5.33. The van der Waals surface area contributed by atoms with Crippen LogP contribution in [0.15, 0.2) is 33.9 Å². The lowest BCUT2D eigenvalue weighted by molar-refractivity contribution is 0.384. The van der Waals surface area contributed by atoms with Crippen molar-refractivity contribution in [2.24, 2.45) is 0 Å². The maximum Gasteiger partial charge on any atom is 0.237 e. The van der Waals surface area contributed by atoms with E-state index in [2.05, 4.69) is 43.8 Å². The Morgan fingerprint density at radius 3 is 3.09 bits per heavy atom. The van der Waals surface area contributed by atoms with Crippen molar-refractivity contribution >= 4 is 38.3 Å². The summed E-state index contributed by atoms with van der Waals surface area (Å²) < 4.78 is 8.59. The molecule has 118 valence electrons. The van der Waals surface area contributed by atoms with Crippen molar-refractivity contribution < 1.29 is 4.52 Å². The molecule has 0 aliphatic rings. The van der Waals surface area contributed by atoms with Crippen LogP contribution in [0.4, 0.5) is 0 Å². The van der Waals surface area contributed by atoms with Gasteiger partial charge in [-0.1, -0.05) is 53.7 Å². The Morgan fingerprint density at radius 1 is 1.26 bits per heavy atom. The molecule has 0 bridgehead atoms. The second-order valence-electron chi connectivity index (χ2n) is 5.17. The predicted molar refractivity (Wildman–Crippen MR) is 90.8 cm³/mol. The van der Waals surface area contributed by atoms with E-state index in [0.717, 1.165) is 40.7 Å². The maximum atomic E-state index is 5.30. The first-order valence-corrected chi connectivity index (χ1v) is 9.32. The number of thioether (sulfide) groups is 1. The Labute approximate surface area is 140 Å². The highest BCUT2D eigenvalue weighted by Gasteiger charge is 2.14. The van der Waals surface area contributed by atoms with Crippen LogP contribution in [0.5, 0.6) is 0 Å². The first kappa shape index (κ1) is 14.6. The molecular formula is C15H15N5OS2. The highest BCUT2D eigenvalue weighted by atomic mass is 32.2. The van der Waals surface area contributed by atoms with Gasteiger partial charge in [0.05, 0.1) is 16.0 Å². The van der Waals surface area contributed by atoms with Crippen molar-refractivity contribution in [2.75, 3.05) is 0 Å². The third-order valence-corrected chi connectivity index (χ3v) is 5.43. The molecule has 0 aliphatic heterocycles. The molecule has 0 fully saturated rings. The first-order valence-electron chi connectivity index (χ1n) is 7.52. The van der Waals surface area contributed by atoms with Gasteiger partial charge in [-0.25, -0.2) is 0 Å². The molecule has 1 aromatic carbocycles. The number of unbranched alkanes of at least 4 members (excludes halogenated alkanes) is 1. The summed E-state index contributed by atoms with van der Waals surface area (Å²) in [6, 6.07) is 8.25. The highest BCUT2D eigenvalue weighted by Crippen LogP contribution is 2.30. The molecule has 0 unspecified atom stereocenters. The summed E-state index contributed by atoms with van der Waals surface area (Å²) in [5, 5.41) is 13.4. The lowest BCUT2D eigenvalue weighted by Gasteiger charge is -1.96. The number of benzene rings is 1. The summed E-state index contributed by atoms with van der Waals surface area (Å²) in [7, 11) is 0. The van der Waals surface area contributed by atoms with Crippen LogP contribution in [-0.2, 0) is 12.2 Å². The van der Waals surface area contributed by atoms with E-state index in [4.69, 9.17) is 4.52 Å². The quantitative estimate of drug-likeness (QED) is 0.493. The standard InChI is InChI=1S/C15H15N5OS2/c1-2-3-8-12-16-13(21-19-12)9-22-14-17-18-15-20(14)10-6-4-5-7-11(10)23-15/h4-7H,2-3,8-9H2,1H3. The predicted octanol–water partition coefficient (Wildman–Crippen LogP) is 3.96. The van der Waals surface area contributed by atoms with Crippen LogP contribution in [0.1, 0.15) is 31.5 Å². The first-order chi connectivity index (χ1) is 11.3. The van der Waals surface area contributed by atoms with Crippen molar-refractivity contribution in [1.82, 2.24) is 24.7 Å². The SMILES string of the molecule is CCCCc1noc(CSc2nnc3sc4ccccc4n23)n1. The zero-order valence-corrected chi connectivity index (χ0v) is 14.2. The Bertz CT molecular complexity index is 942. The summed E-state index contributed by atoms with van der Waals surface area (Å²) >= 11 is 3.21. The molecule has 0 aliphatic carbocycles. The lowest BCUT2D eigenvalue weighted by atomic mass is 10.2. The number of nitrogens with zero attached hydrogens (tertiary/aromatic N) is 5. The van der Waals surface area contributed by atoms with Gasteiger partial charge in [0.2, 0.25) is 10.9 Å². The van der Waals surface area contributed by atoms with E-state index in [1.807, 2.05) is 12.1 Å². The Hall–Kier alpha value is -1.93. The van der Waals surface area contributed by atoms with Gasteiger partial charge in [-0.3, -0.25) is 4.40 Å². The molecule has 0 saturated heterocycles. The number of hydrogen-bond acceptors (Lipinski definition) is 7. The fraction of sp³-hybridized carbons (Fsp3) is 0.333. The minimum Gasteiger partial charge on any atom is -0.338 e. The van der Waals surface area contributed by atoms with Gasteiger partial charge >= 0.3 is 0 Å². The van der Waals surface area contributed by atoms with Crippen molar-refractivity contribution in [3.8, 4) is 0 Å². The normalized spacial score (nSPS) is 11.7. The molecule has 0 radical (unpaired) electrons. The Morgan fingerprint density at radius 2 is 2.17 bits per heavy atom. The number of rotatable bonds is 6. The molecule has 4 rings (SSSR count). The minimum absolute atomic E-state index is 0.601. The number of para-hydroxylation sites is 1. The van der Waals surface area contributed by atoms with E-state index in [9.17, 15) is 0 Å². The third-order valence-electron chi connectivity index (χ3n) is 3.50. The van der Waals surface area contributed by atoms with Crippen LogP contribution in [-0.4, -0.2) is 24.7 Å². The minimum atomic E-state index is 0.601. The Kier molecular flexibility index (Phi) is 4.00. The summed E-state index contributed by atoms with van der Waals surface area (Å²) in [5.74, 6) is 2.02. The molecule has 0 spiro atoms. The van der Waals surface area contributed by atoms with Gasteiger partial charge in [-0.15, -0.1) is 10.2 Å². The van der Waals surface area contributed by atoms with Gasteiger partial charge in [0.25, 0.3) is 0 Å². The second-order valence-corrected chi connectivity index (χ2v) is 7.12. The van der Waals surface area contributed by atoms with E-state index >= 15 is 0 Å². The van der Waals surface area contributed by atoms with Crippen LogP contribution in [0.2, 0.25) is 0 Å². The lowest BCUT2D eigenvalue weighted by Crippen LogP contribution is -1.89. The zero-order chi connectivity index (χ0) is 15.6. The molecule has 0 atom stereocenters. The van der Waals surface area contributed by atoms with E-state index in [1.54, 1.807) is 23.1 Å². The molecule has 4 aromatic rings. The van der Waals surface area contributed by atoms with Crippen molar-refractivity contribution in [3.05, 3.63) is 36.0 Å². The number of thiazole rings is 1. The fourth-order valence-corrected chi connectivity index (χ4v) is 4.17. The molecule has 6 nitrogen and oxygen atoms in total. The highest BCUT2D eigenvalue weighted by molar-refractivity contribution is 7.98. The van der Waals surface area contributed by atoms with Crippen LogP contribution >= 0.6 is 23.1 Å². The van der Waals surface area contributed by atoms with E-state index in [1.165, 1.54) is 4.70 Å². The fourth-order valence-electron chi connectivity index (χ4n) is 2.36. The van der Waals surface area contributed by atoms with Crippen molar-refractivity contribution in [1.29, 1.82) is 0 Å². The molecule has 0 N–H and O–H groups in total. The molecule has 23 heavy (non-hydrogen) atoms. The summed E-state index contributed by atoms with van der Waals surface area (Å²) in [6.45, 7) is 2.15. The van der Waals surface area contributed by atoms with E-state index < -0.39 is 0 Å². The van der Waals surface area contributed by atoms with Crippen LogP contribution in [0, 0.1) is 0 Å². The van der Waals surface area contributed by atoms with Gasteiger partial charge in [0, 0.05) is 6.42 Å². The second kappa shape index (κ2) is 6.29. The average molecular weight is 345 g/mol. The van der Waals surface area contributed by atoms with Crippen LogP contribution in [0.3, 0.4) is 0 Å². The molecule has 0 saturated carbocycles. The number of hydrogen-bond donors (Lipinski definition) is 0. The van der Waals surface area contributed by atoms with E-state index in [-0.39, 0.29) is 0 Å². The van der Waals surface area contributed by atoms with Gasteiger partial charge in [0.1, 0.15) is 0 Å². The number of aromatic nitrogens is 5. The van der Waals surface area contributed by atoms with Gasteiger partial charge in [-0.05, 0) is 18.6 Å². The molecule has 8 heteroatoms. The van der Waals surface area contributed by atoms with Crippen molar-refractivity contribution in [2.45, 2.75) is 37.1 Å². The Balaban J connectivity index is 1.55. The largest absolute Gasteiger partial charge is 0.338 e. The smallest absolute Gasteiger partial charge is 0.237 e. The van der Waals surface area contributed by atoms with E-state index in [0.29, 0.717) is 11.6 Å². The maximum absolute atomic E-state index is 5.30. The van der Waals surface area contributed by atoms with Gasteiger partial charge in [0.15, 0.2) is 11.0 Å². The summed E-state index contributed by atoms with van der Waals surface area (Å²) in [5.41, 5.74) is 1.13. The molecule has 3 aromatic heterocycles. The number of aryl methyl sites for hydroxylation is 1. The molecule has 3 heterocycles. The third kappa shape index (κ3) is 2.84.